The van der Waals surface area contributed by atoms with Crippen LogP contribution in [0.25, 0.3) is 0 Å². The van der Waals surface area contributed by atoms with E-state index >= 15 is 0 Å². The summed E-state index contributed by atoms with van der Waals surface area (Å²) < 4.78 is 0. The number of benzene rings is 1. The minimum atomic E-state index is -0.246. The van der Waals surface area contributed by atoms with Crippen molar-refractivity contribution < 1.29 is 5.21 Å². The topological polar surface area (TPSA) is 23.5 Å². The Hall–Kier alpha value is -0.860. The molecule has 2 nitrogen and oxygen atoms in total. The highest BCUT2D eigenvalue weighted by molar-refractivity contribution is 5.19. The molecule has 0 aliphatic rings. The molecule has 0 saturated carbocycles. The lowest BCUT2D eigenvalue weighted by atomic mass is 9.89. The van der Waals surface area contributed by atoms with Gasteiger partial charge in [0, 0.05) is 5.54 Å². The molecule has 17 heavy (non-hydrogen) atoms. The van der Waals surface area contributed by atoms with Crippen molar-refractivity contribution in [2.24, 2.45) is 5.92 Å². The molecule has 1 aromatic rings. The van der Waals surface area contributed by atoms with Crippen molar-refractivity contribution in [2.45, 2.75) is 52.6 Å². The molecule has 2 atom stereocenters. The van der Waals surface area contributed by atoms with Gasteiger partial charge in [0.15, 0.2) is 0 Å². The van der Waals surface area contributed by atoms with Gasteiger partial charge in [-0.1, -0.05) is 50.6 Å². The number of hydrogen-bond donors (Lipinski definition) is 1. The van der Waals surface area contributed by atoms with Crippen molar-refractivity contribution in [3.05, 3.63) is 35.9 Å². The van der Waals surface area contributed by atoms with E-state index in [-0.39, 0.29) is 11.6 Å². The maximum Gasteiger partial charge on any atom is 0.0630 e. The molecule has 96 valence electrons. The Morgan fingerprint density at radius 1 is 1.18 bits per heavy atom. The van der Waals surface area contributed by atoms with Gasteiger partial charge in [-0.05, 0) is 32.3 Å². The zero-order valence-electron chi connectivity index (χ0n) is 11.6. The smallest absolute Gasteiger partial charge is 0.0630 e. The highest BCUT2D eigenvalue weighted by atomic mass is 16.5. The average molecular weight is 235 g/mol. The second-order valence-corrected chi connectivity index (χ2v) is 5.76. The first kappa shape index (κ1) is 14.2. The van der Waals surface area contributed by atoms with Gasteiger partial charge in [0.1, 0.15) is 0 Å². The summed E-state index contributed by atoms with van der Waals surface area (Å²) in [5, 5.41) is 11.9. The minimum absolute atomic E-state index is 0.0567. The molecule has 0 aliphatic carbocycles. The van der Waals surface area contributed by atoms with E-state index in [1.807, 2.05) is 39.0 Å². The predicted octanol–water partition coefficient (Wildman–Crippen LogP) is 4.26. The SMILES string of the molecule is CCC(C)C(c1ccccc1)N(O)C(C)(C)C. The molecular formula is C15H25NO. The fraction of sp³-hybridized carbons (Fsp3) is 0.600. The van der Waals surface area contributed by atoms with Crippen molar-refractivity contribution in [3.8, 4) is 0 Å². The summed E-state index contributed by atoms with van der Waals surface area (Å²) >= 11 is 0. The minimum Gasteiger partial charge on any atom is -0.313 e. The van der Waals surface area contributed by atoms with Gasteiger partial charge in [0.05, 0.1) is 6.04 Å². The van der Waals surface area contributed by atoms with E-state index in [0.29, 0.717) is 5.92 Å². The third kappa shape index (κ3) is 3.55. The summed E-state index contributed by atoms with van der Waals surface area (Å²) in [7, 11) is 0. The molecule has 2 unspecified atom stereocenters. The van der Waals surface area contributed by atoms with Gasteiger partial charge in [0.2, 0.25) is 0 Å². The fourth-order valence-electron chi connectivity index (χ4n) is 2.00. The van der Waals surface area contributed by atoms with Crippen LogP contribution < -0.4 is 0 Å². The molecule has 0 spiro atoms. The van der Waals surface area contributed by atoms with Crippen LogP contribution in [0.1, 0.15) is 52.6 Å². The van der Waals surface area contributed by atoms with Gasteiger partial charge in [-0.25, -0.2) is 0 Å². The molecular weight excluding hydrogens is 210 g/mol. The Morgan fingerprint density at radius 3 is 2.12 bits per heavy atom. The summed E-state index contributed by atoms with van der Waals surface area (Å²) in [6.07, 6.45) is 1.05. The van der Waals surface area contributed by atoms with Crippen LogP contribution in [0.5, 0.6) is 0 Å². The number of hydrogen-bond acceptors (Lipinski definition) is 2. The normalized spacial score (nSPS) is 15.9. The lowest BCUT2D eigenvalue weighted by Gasteiger charge is -2.39. The standard InChI is InChI=1S/C15H25NO/c1-6-12(2)14(16(17)15(3,4)5)13-10-8-7-9-11-13/h7-12,14,17H,6H2,1-5H3. The first-order chi connectivity index (χ1) is 7.88. The van der Waals surface area contributed by atoms with Crippen LogP contribution in [-0.2, 0) is 0 Å². The Bertz CT molecular complexity index is 329. The zero-order valence-corrected chi connectivity index (χ0v) is 11.6. The Kier molecular flexibility index (Phi) is 4.72. The summed E-state index contributed by atoms with van der Waals surface area (Å²) in [5.74, 6) is 0.418. The van der Waals surface area contributed by atoms with Crippen LogP contribution in [-0.4, -0.2) is 15.8 Å². The first-order valence-electron chi connectivity index (χ1n) is 6.41. The summed E-state index contributed by atoms with van der Waals surface area (Å²) in [6.45, 7) is 10.5. The maximum absolute atomic E-state index is 10.4. The van der Waals surface area contributed by atoms with Crippen molar-refractivity contribution in [3.63, 3.8) is 0 Å². The molecule has 2 heteroatoms. The lowest BCUT2D eigenvalue weighted by Crippen LogP contribution is -2.43. The molecule has 0 fully saturated rings. The molecule has 1 aromatic carbocycles. The van der Waals surface area contributed by atoms with E-state index in [1.165, 1.54) is 10.6 Å². The molecule has 0 aromatic heterocycles. The lowest BCUT2D eigenvalue weighted by molar-refractivity contribution is -0.200. The number of nitrogens with zero attached hydrogens (tertiary/aromatic N) is 1. The van der Waals surface area contributed by atoms with Crippen molar-refractivity contribution >= 4 is 0 Å². The Labute approximate surface area is 105 Å². The molecule has 1 rings (SSSR count). The summed E-state index contributed by atoms with van der Waals surface area (Å²) in [6, 6.07) is 10.3. The highest BCUT2D eigenvalue weighted by Crippen LogP contribution is 2.33. The number of hydroxylamine groups is 2. The van der Waals surface area contributed by atoms with Gasteiger partial charge in [-0.15, -0.1) is 0 Å². The molecule has 0 amide bonds. The molecule has 0 heterocycles. The monoisotopic (exact) mass is 235 g/mol. The molecule has 0 bridgehead atoms. The fourth-order valence-corrected chi connectivity index (χ4v) is 2.00. The van der Waals surface area contributed by atoms with Crippen LogP contribution >= 0.6 is 0 Å². The van der Waals surface area contributed by atoms with Crippen molar-refractivity contribution in [1.29, 1.82) is 0 Å². The van der Waals surface area contributed by atoms with Gasteiger partial charge in [0.25, 0.3) is 0 Å². The summed E-state index contributed by atoms with van der Waals surface area (Å²) in [5.41, 5.74) is 0.934. The quantitative estimate of drug-likeness (QED) is 0.788. The van der Waals surface area contributed by atoms with Gasteiger partial charge < -0.3 is 5.21 Å². The van der Waals surface area contributed by atoms with Crippen molar-refractivity contribution in [2.75, 3.05) is 0 Å². The first-order valence-corrected chi connectivity index (χ1v) is 6.41. The maximum atomic E-state index is 10.4. The van der Waals surface area contributed by atoms with Crippen LogP contribution in [0.2, 0.25) is 0 Å². The summed E-state index contributed by atoms with van der Waals surface area (Å²) in [4.78, 5) is 0. The predicted molar refractivity (Wildman–Crippen MR) is 72.0 cm³/mol. The van der Waals surface area contributed by atoms with E-state index in [9.17, 15) is 5.21 Å². The zero-order chi connectivity index (χ0) is 13.1. The molecule has 0 aliphatic heterocycles. The van der Waals surface area contributed by atoms with Crippen molar-refractivity contribution in [1.82, 2.24) is 5.06 Å². The van der Waals surface area contributed by atoms with E-state index in [0.717, 1.165) is 6.42 Å². The Balaban J connectivity index is 3.05. The van der Waals surface area contributed by atoms with Gasteiger partial charge in [-0.2, -0.15) is 5.06 Å². The average Bonchev–Trinajstić information content (AvgIpc) is 2.29. The van der Waals surface area contributed by atoms with Crippen LogP contribution in [0.15, 0.2) is 30.3 Å². The van der Waals surface area contributed by atoms with Crippen LogP contribution in [0.3, 0.4) is 0 Å². The van der Waals surface area contributed by atoms with E-state index in [1.54, 1.807) is 0 Å². The largest absolute Gasteiger partial charge is 0.313 e. The molecule has 1 N–H and O–H groups in total. The molecule has 0 saturated heterocycles. The highest BCUT2D eigenvalue weighted by Gasteiger charge is 2.31. The third-order valence-corrected chi connectivity index (χ3v) is 3.27. The number of rotatable bonds is 4. The van der Waals surface area contributed by atoms with Gasteiger partial charge in [-0.3, -0.25) is 0 Å². The van der Waals surface area contributed by atoms with E-state index in [2.05, 4.69) is 26.0 Å². The third-order valence-electron chi connectivity index (χ3n) is 3.27. The van der Waals surface area contributed by atoms with E-state index in [4.69, 9.17) is 0 Å². The van der Waals surface area contributed by atoms with Crippen LogP contribution in [0.4, 0.5) is 0 Å². The molecule has 0 radical (unpaired) electrons. The second kappa shape index (κ2) is 5.65. The second-order valence-electron chi connectivity index (χ2n) is 5.76. The van der Waals surface area contributed by atoms with Crippen LogP contribution in [0, 0.1) is 5.92 Å². The van der Waals surface area contributed by atoms with Gasteiger partial charge >= 0.3 is 0 Å². The van der Waals surface area contributed by atoms with E-state index < -0.39 is 0 Å². The Morgan fingerprint density at radius 2 is 1.71 bits per heavy atom.